The van der Waals surface area contributed by atoms with Crippen LogP contribution >= 0.6 is 11.3 Å². The van der Waals surface area contributed by atoms with Crippen LogP contribution in [0.2, 0.25) is 0 Å². The summed E-state index contributed by atoms with van der Waals surface area (Å²) in [5.41, 5.74) is 3.16. The molecule has 0 saturated carbocycles. The van der Waals surface area contributed by atoms with Gasteiger partial charge in [-0.3, -0.25) is 4.79 Å². The number of hydrogen-bond donors (Lipinski definition) is 2. The quantitative estimate of drug-likeness (QED) is 0.573. The molecule has 130 valence electrons. The Bertz CT molecular complexity index is 1070. The third-order valence-corrected chi connectivity index (χ3v) is 5.45. The summed E-state index contributed by atoms with van der Waals surface area (Å²) in [7, 11) is 0. The van der Waals surface area contributed by atoms with Crippen LogP contribution in [-0.2, 0) is 6.54 Å². The van der Waals surface area contributed by atoms with Crippen molar-refractivity contribution >= 4 is 22.2 Å². The van der Waals surface area contributed by atoms with E-state index >= 15 is 0 Å². The molecule has 4 nitrogen and oxygen atoms in total. The van der Waals surface area contributed by atoms with E-state index in [1.54, 1.807) is 17.4 Å². The Morgan fingerprint density at radius 3 is 2.65 bits per heavy atom. The van der Waals surface area contributed by atoms with Crippen molar-refractivity contribution in [3.05, 3.63) is 98.2 Å². The minimum atomic E-state index is -0.0815. The van der Waals surface area contributed by atoms with Crippen LogP contribution in [0.5, 0.6) is 0 Å². The van der Waals surface area contributed by atoms with Crippen LogP contribution in [0.25, 0.3) is 10.9 Å². The highest BCUT2D eigenvalue weighted by Gasteiger charge is 2.19. The van der Waals surface area contributed by atoms with Crippen LogP contribution < -0.4 is 10.9 Å². The van der Waals surface area contributed by atoms with Crippen LogP contribution in [0.1, 0.15) is 27.9 Å². The van der Waals surface area contributed by atoms with Crippen molar-refractivity contribution in [2.75, 3.05) is 0 Å². The summed E-state index contributed by atoms with van der Waals surface area (Å²) < 4.78 is 0. The lowest BCUT2D eigenvalue weighted by molar-refractivity contribution is -0.702. The summed E-state index contributed by atoms with van der Waals surface area (Å²) in [6, 6.07) is 20.5. The summed E-state index contributed by atoms with van der Waals surface area (Å²) >= 11 is 1.75. The van der Waals surface area contributed by atoms with Gasteiger partial charge in [0.05, 0.1) is 15.8 Å². The highest BCUT2D eigenvalue weighted by atomic mass is 32.1. The fraction of sp³-hybridized carbons (Fsp3) is 0.143. The number of para-hydroxylation sites is 1. The van der Waals surface area contributed by atoms with Gasteiger partial charge in [-0.15, -0.1) is 11.3 Å². The molecule has 2 aromatic heterocycles. The van der Waals surface area contributed by atoms with Crippen molar-refractivity contribution in [2.45, 2.75) is 19.5 Å². The number of fused-ring (bicyclic) bond motifs is 1. The highest BCUT2D eigenvalue weighted by Crippen LogP contribution is 2.23. The molecule has 4 rings (SSSR count). The maximum Gasteiger partial charge on any atom is 0.258 e. The zero-order chi connectivity index (χ0) is 17.9. The molecule has 0 aliphatic heterocycles. The Morgan fingerprint density at radius 1 is 1.08 bits per heavy atom. The van der Waals surface area contributed by atoms with Gasteiger partial charge in [-0.25, -0.2) is 4.98 Å². The lowest BCUT2D eigenvalue weighted by Gasteiger charge is -2.15. The molecule has 0 fully saturated rings. The molecule has 0 aliphatic carbocycles. The van der Waals surface area contributed by atoms with Crippen molar-refractivity contribution in [3.8, 4) is 0 Å². The van der Waals surface area contributed by atoms with E-state index in [0.29, 0.717) is 17.8 Å². The number of nitrogens with two attached hydrogens (primary N) is 1. The lowest BCUT2D eigenvalue weighted by Crippen LogP contribution is -2.84. The van der Waals surface area contributed by atoms with Crippen molar-refractivity contribution in [1.82, 2.24) is 9.97 Å². The van der Waals surface area contributed by atoms with E-state index in [4.69, 9.17) is 0 Å². The number of aromatic amines is 1. The van der Waals surface area contributed by atoms with E-state index in [0.717, 1.165) is 5.52 Å². The maximum atomic E-state index is 12.3. The van der Waals surface area contributed by atoms with Crippen LogP contribution in [-0.4, -0.2) is 9.97 Å². The van der Waals surface area contributed by atoms with Crippen molar-refractivity contribution in [2.24, 2.45) is 0 Å². The van der Waals surface area contributed by atoms with E-state index in [9.17, 15) is 4.79 Å². The molecule has 0 radical (unpaired) electrons. The fourth-order valence-corrected chi connectivity index (χ4v) is 3.97. The normalized spacial score (nSPS) is 12.3. The Morgan fingerprint density at radius 2 is 1.88 bits per heavy atom. The molecule has 0 unspecified atom stereocenters. The summed E-state index contributed by atoms with van der Waals surface area (Å²) in [5, 5.41) is 4.95. The Balaban J connectivity index is 1.63. The first-order chi connectivity index (χ1) is 12.7. The van der Waals surface area contributed by atoms with Crippen molar-refractivity contribution in [1.29, 1.82) is 0 Å². The summed E-state index contributed by atoms with van der Waals surface area (Å²) in [6.45, 7) is 2.70. The zero-order valence-electron chi connectivity index (χ0n) is 14.5. The molecular weight excluding hydrogens is 342 g/mol. The molecule has 0 saturated heterocycles. The molecule has 0 aliphatic rings. The molecule has 1 atom stereocenters. The Labute approximate surface area is 155 Å². The predicted octanol–water partition coefficient (Wildman–Crippen LogP) is 3.15. The van der Waals surface area contributed by atoms with Gasteiger partial charge < -0.3 is 10.3 Å². The van der Waals surface area contributed by atoms with Crippen LogP contribution in [0.3, 0.4) is 0 Å². The third kappa shape index (κ3) is 3.45. The van der Waals surface area contributed by atoms with Gasteiger partial charge in [-0.2, -0.15) is 0 Å². The SMILES string of the molecule is Cc1ccc([C@@H]([NH2+]Cc2nc3ccccc3c(=O)[nH]2)c2cccs2)cc1. The molecule has 3 N–H and O–H groups in total. The number of hydrogen-bond acceptors (Lipinski definition) is 3. The smallest absolute Gasteiger partial charge is 0.258 e. The summed E-state index contributed by atoms with van der Waals surface area (Å²) in [6.07, 6.45) is 0. The van der Waals surface area contributed by atoms with E-state index < -0.39 is 0 Å². The minimum absolute atomic E-state index is 0.0815. The van der Waals surface area contributed by atoms with Crippen LogP contribution in [0.15, 0.2) is 70.8 Å². The molecule has 0 spiro atoms. The molecule has 2 aromatic carbocycles. The zero-order valence-corrected chi connectivity index (χ0v) is 15.3. The molecule has 26 heavy (non-hydrogen) atoms. The van der Waals surface area contributed by atoms with Gasteiger partial charge in [-0.1, -0.05) is 48.0 Å². The van der Waals surface area contributed by atoms with Crippen molar-refractivity contribution in [3.63, 3.8) is 0 Å². The van der Waals surface area contributed by atoms with E-state index in [1.807, 2.05) is 18.2 Å². The van der Waals surface area contributed by atoms with Crippen LogP contribution in [0, 0.1) is 6.92 Å². The molecule has 0 amide bonds. The first-order valence-electron chi connectivity index (χ1n) is 8.62. The van der Waals surface area contributed by atoms with Gasteiger partial charge >= 0.3 is 0 Å². The van der Waals surface area contributed by atoms with E-state index in [2.05, 4.69) is 64.0 Å². The number of nitrogens with one attached hydrogen (secondary N) is 1. The second kappa shape index (κ2) is 7.23. The number of quaternary nitrogens is 1. The minimum Gasteiger partial charge on any atom is -0.329 e. The number of H-pyrrole nitrogens is 1. The lowest BCUT2D eigenvalue weighted by atomic mass is 10.0. The van der Waals surface area contributed by atoms with Gasteiger partial charge in [-0.05, 0) is 30.5 Å². The van der Waals surface area contributed by atoms with Gasteiger partial charge in [0.15, 0.2) is 5.82 Å². The largest absolute Gasteiger partial charge is 0.329 e. The molecule has 5 heteroatoms. The van der Waals surface area contributed by atoms with Gasteiger partial charge in [0.2, 0.25) is 0 Å². The average molecular weight is 362 g/mol. The van der Waals surface area contributed by atoms with E-state index in [1.165, 1.54) is 16.0 Å². The summed E-state index contributed by atoms with van der Waals surface area (Å²) in [5.74, 6) is 0.697. The number of nitrogens with zero attached hydrogens (tertiary/aromatic N) is 1. The number of rotatable bonds is 5. The van der Waals surface area contributed by atoms with Gasteiger partial charge in [0.1, 0.15) is 12.6 Å². The van der Waals surface area contributed by atoms with Crippen LogP contribution in [0.4, 0.5) is 0 Å². The molecule has 4 aromatic rings. The maximum absolute atomic E-state index is 12.3. The number of aryl methyl sites for hydroxylation is 1. The Hall–Kier alpha value is -2.76. The highest BCUT2D eigenvalue weighted by molar-refractivity contribution is 7.10. The Kier molecular flexibility index (Phi) is 4.65. The van der Waals surface area contributed by atoms with Crippen molar-refractivity contribution < 1.29 is 5.32 Å². The second-order valence-electron chi connectivity index (χ2n) is 6.37. The number of benzene rings is 2. The third-order valence-electron chi connectivity index (χ3n) is 4.49. The molecule has 0 bridgehead atoms. The first kappa shape index (κ1) is 16.7. The number of aromatic nitrogens is 2. The standard InChI is InChI=1S/C21H19N3OS/c1-14-8-10-15(11-9-14)20(18-7-4-12-26-18)22-13-19-23-17-6-3-2-5-16(17)21(25)24-19/h2-12,20,22H,13H2,1H3,(H,23,24,25)/p+1/t20-/m1/s1. The number of thiophene rings is 1. The predicted molar refractivity (Wildman–Crippen MR) is 105 cm³/mol. The average Bonchev–Trinajstić information content (AvgIpc) is 3.18. The van der Waals surface area contributed by atoms with Gasteiger partial charge in [0.25, 0.3) is 5.56 Å². The first-order valence-corrected chi connectivity index (χ1v) is 9.50. The monoisotopic (exact) mass is 362 g/mol. The topological polar surface area (TPSA) is 62.4 Å². The molecule has 2 heterocycles. The van der Waals surface area contributed by atoms with E-state index in [-0.39, 0.29) is 11.6 Å². The van der Waals surface area contributed by atoms with Gasteiger partial charge in [0, 0.05) is 5.56 Å². The fourth-order valence-electron chi connectivity index (χ4n) is 3.12. The summed E-state index contributed by atoms with van der Waals surface area (Å²) in [4.78, 5) is 21.1. The second-order valence-corrected chi connectivity index (χ2v) is 7.35. The molecular formula is C21H20N3OS+.